The lowest BCUT2D eigenvalue weighted by Gasteiger charge is -2.70. The van der Waals surface area contributed by atoms with Crippen molar-refractivity contribution in [3.05, 3.63) is 0 Å². The first kappa shape index (κ1) is 12.3. The number of hydrogen-bond acceptors (Lipinski definition) is 3. The first-order chi connectivity index (χ1) is 7.60. The first-order valence-electron chi connectivity index (χ1n) is 6.50. The van der Waals surface area contributed by atoms with Gasteiger partial charge in [0.2, 0.25) is 0 Å². The van der Waals surface area contributed by atoms with E-state index >= 15 is 0 Å². The van der Waals surface area contributed by atoms with Crippen molar-refractivity contribution in [2.24, 2.45) is 0 Å². The summed E-state index contributed by atoms with van der Waals surface area (Å²) in [6.07, 6.45) is 1.71. The minimum absolute atomic E-state index is 0.0590. The van der Waals surface area contributed by atoms with Crippen LogP contribution in [0.1, 0.15) is 54.4 Å². The van der Waals surface area contributed by atoms with Gasteiger partial charge in [0, 0.05) is 12.8 Å². The summed E-state index contributed by atoms with van der Waals surface area (Å²) in [5.41, 5.74) is 0.618. The van der Waals surface area contributed by atoms with E-state index in [2.05, 4.69) is 41.5 Å². The highest BCUT2D eigenvalue weighted by atomic mass is 31.1. The molecule has 0 aromatic heterocycles. The molecule has 0 aliphatic carbocycles. The third kappa shape index (κ3) is 1.56. The Morgan fingerprint density at radius 3 is 1.59 bits per heavy atom. The molecule has 4 rings (SSSR count). The van der Waals surface area contributed by atoms with Crippen LogP contribution in [0.2, 0.25) is 0 Å². The molecule has 0 spiro atoms. The van der Waals surface area contributed by atoms with Crippen molar-refractivity contribution in [1.82, 2.24) is 0 Å². The third-order valence-corrected chi connectivity index (χ3v) is 7.71. The lowest BCUT2D eigenvalue weighted by molar-refractivity contribution is -0.468. The third-order valence-electron chi connectivity index (χ3n) is 4.14. The Labute approximate surface area is 105 Å². The molecule has 0 radical (unpaired) electrons. The maximum Gasteiger partial charge on any atom is 0.173 e. The van der Waals surface area contributed by atoms with Gasteiger partial charge in [0.25, 0.3) is 0 Å². The zero-order valence-electron chi connectivity index (χ0n) is 11.7. The molecule has 4 aliphatic heterocycles. The Morgan fingerprint density at radius 1 is 0.824 bits per heavy atom. The molecule has 0 aromatic carbocycles. The van der Waals surface area contributed by atoms with Crippen LogP contribution in [0.4, 0.5) is 0 Å². The van der Waals surface area contributed by atoms with Gasteiger partial charge in [0.05, 0.1) is 10.7 Å². The molecule has 3 nitrogen and oxygen atoms in total. The van der Waals surface area contributed by atoms with Crippen molar-refractivity contribution < 1.29 is 14.2 Å². The molecule has 17 heavy (non-hydrogen) atoms. The molecule has 4 heterocycles. The molecule has 98 valence electrons. The smallest absolute Gasteiger partial charge is 0.173 e. The van der Waals surface area contributed by atoms with Crippen molar-refractivity contribution in [3.63, 3.8) is 0 Å². The molecule has 4 saturated heterocycles. The zero-order valence-corrected chi connectivity index (χ0v) is 12.6. The predicted octanol–water partition coefficient (Wildman–Crippen LogP) is 3.61. The van der Waals surface area contributed by atoms with Crippen LogP contribution in [-0.4, -0.2) is 27.9 Å². The molecular weight excluding hydrogens is 235 g/mol. The van der Waals surface area contributed by atoms with E-state index in [1.165, 1.54) is 0 Å². The Hall–Kier alpha value is 0.310. The average Bonchev–Trinajstić information content (AvgIpc) is 1.88. The molecule has 0 aromatic rings. The molecule has 0 saturated carbocycles. The van der Waals surface area contributed by atoms with Crippen LogP contribution in [0.5, 0.6) is 0 Å². The van der Waals surface area contributed by atoms with E-state index in [1.807, 2.05) is 0 Å². The van der Waals surface area contributed by atoms with Crippen molar-refractivity contribution in [2.45, 2.75) is 82.3 Å². The highest BCUT2D eigenvalue weighted by Crippen LogP contribution is 2.77. The van der Waals surface area contributed by atoms with Gasteiger partial charge in [0.1, 0.15) is 0 Å². The minimum Gasteiger partial charge on any atom is -0.339 e. The Bertz CT molecular complexity index is 324. The van der Waals surface area contributed by atoms with Crippen LogP contribution >= 0.6 is 7.92 Å². The van der Waals surface area contributed by atoms with Crippen LogP contribution in [0, 0.1) is 0 Å². The van der Waals surface area contributed by atoms with Gasteiger partial charge in [-0.25, -0.2) is 0 Å². The topological polar surface area (TPSA) is 27.7 Å². The molecule has 4 fully saturated rings. The van der Waals surface area contributed by atoms with E-state index in [4.69, 9.17) is 14.2 Å². The van der Waals surface area contributed by atoms with Gasteiger partial charge in [-0.3, -0.25) is 0 Å². The summed E-state index contributed by atoms with van der Waals surface area (Å²) in [5.74, 6) is -0.912. The van der Waals surface area contributed by atoms with Crippen LogP contribution in [0.25, 0.3) is 0 Å². The van der Waals surface area contributed by atoms with E-state index in [0.717, 1.165) is 12.8 Å². The average molecular weight is 258 g/mol. The van der Waals surface area contributed by atoms with E-state index in [-0.39, 0.29) is 18.6 Å². The summed E-state index contributed by atoms with van der Waals surface area (Å²) in [6.45, 7) is 13.2. The molecule has 4 bridgehead atoms. The van der Waals surface area contributed by atoms with E-state index in [0.29, 0.717) is 5.66 Å². The van der Waals surface area contributed by atoms with Crippen LogP contribution in [0.3, 0.4) is 0 Å². The fraction of sp³-hybridized carbons (Fsp3) is 1.00. The fourth-order valence-electron chi connectivity index (χ4n) is 4.70. The summed E-state index contributed by atoms with van der Waals surface area (Å²) < 4.78 is 18.7. The Balaban J connectivity index is 2.10. The van der Waals surface area contributed by atoms with E-state index in [9.17, 15) is 0 Å². The molecule has 4 aliphatic rings. The van der Waals surface area contributed by atoms with Crippen LogP contribution in [0.15, 0.2) is 0 Å². The Kier molecular flexibility index (Phi) is 2.23. The Morgan fingerprint density at radius 2 is 1.24 bits per heavy atom. The second-order valence-corrected chi connectivity index (χ2v) is 10.4. The molecule has 4 atom stereocenters. The molecule has 4 unspecified atom stereocenters. The van der Waals surface area contributed by atoms with Crippen LogP contribution < -0.4 is 0 Å². The summed E-state index contributed by atoms with van der Waals surface area (Å²) in [4.78, 5) is 0. The van der Waals surface area contributed by atoms with Crippen LogP contribution in [-0.2, 0) is 14.2 Å². The van der Waals surface area contributed by atoms with Gasteiger partial charge in [-0.05, 0) is 41.3 Å². The lowest BCUT2D eigenvalue weighted by atomic mass is 9.98. The molecule has 4 heteroatoms. The van der Waals surface area contributed by atoms with Crippen molar-refractivity contribution >= 4 is 7.92 Å². The summed E-state index contributed by atoms with van der Waals surface area (Å²) in [7, 11) is -0.317. The number of hydrogen-bond donors (Lipinski definition) is 0. The minimum atomic E-state index is -0.456. The highest BCUT2D eigenvalue weighted by Gasteiger charge is 2.71. The predicted molar refractivity (Wildman–Crippen MR) is 68.2 cm³/mol. The lowest BCUT2D eigenvalue weighted by Crippen LogP contribution is -2.72. The molecular formula is C13H23O3P. The summed E-state index contributed by atoms with van der Waals surface area (Å²) >= 11 is 0. The van der Waals surface area contributed by atoms with Gasteiger partial charge >= 0.3 is 0 Å². The van der Waals surface area contributed by atoms with E-state index in [1.54, 1.807) is 0 Å². The first-order valence-corrected chi connectivity index (χ1v) is 7.91. The van der Waals surface area contributed by atoms with Gasteiger partial charge in [-0.15, -0.1) is 0 Å². The van der Waals surface area contributed by atoms with Gasteiger partial charge in [0.15, 0.2) is 11.6 Å². The van der Waals surface area contributed by atoms with Gasteiger partial charge in [-0.1, -0.05) is 13.8 Å². The van der Waals surface area contributed by atoms with Crippen molar-refractivity contribution in [3.8, 4) is 0 Å². The van der Waals surface area contributed by atoms with Crippen molar-refractivity contribution in [2.75, 3.05) is 0 Å². The molecule has 0 N–H and O–H groups in total. The summed E-state index contributed by atoms with van der Waals surface area (Å²) in [6, 6.07) is 0. The van der Waals surface area contributed by atoms with Gasteiger partial charge in [-0.2, -0.15) is 0 Å². The maximum absolute atomic E-state index is 6.33. The second-order valence-electron chi connectivity index (χ2n) is 6.74. The number of rotatable bonds is 1. The quantitative estimate of drug-likeness (QED) is 0.672. The van der Waals surface area contributed by atoms with Gasteiger partial charge < -0.3 is 14.2 Å². The molecule has 0 amide bonds. The largest absolute Gasteiger partial charge is 0.339 e. The monoisotopic (exact) mass is 258 g/mol. The summed E-state index contributed by atoms with van der Waals surface area (Å²) in [5, 5.41) is -0.118. The normalized spacial score (nSPS) is 61.2. The van der Waals surface area contributed by atoms with Crippen molar-refractivity contribution in [1.29, 1.82) is 0 Å². The van der Waals surface area contributed by atoms with E-state index < -0.39 is 11.6 Å². The highest BCUT2D eigenvalue weighted by molar-refractivity contribution is 7.61. The standard InChI is InChI=1S/C13H23O3P/c1-9(2)17-12(5)7-10(3)14-11(4,16-12)8-13(17,6)15-10/h9H,7-8H2,1-6H3. The SMILES string of the molecule is CC(C)P1C2(C)CC3(C)OC(C)(CC1(C)O3)O2. The zero-order chi connectivity index (χ0) is 12.7. The number of ether oxygens (including phenoxy) is 3. The fourth-order valence-corrected chi connectivity index (χ4v) is 9.38. The maximum atomic E-state index is 6.33. The second kappa shape index (κ2) is 3.07.